The van der Waals surface area contributed by atoms with Crippen molar-refractivity contribution in [3.8, 4) is 0 Å². The van der Waals surface area contributed by atoms with Gasteiger partial charge in [-0.2, -0.15) is 0 Å². The molecule has 29 heavy (non-hydrogen) atoms. The summed E-state index contributed by atoms with van der Waals surface area (Å²) in [5.74, 6) is -0.499. The number of aliphatic hydroxyl groups is 1. The maximum absolute atomic E-state index is 12.9. The van der Waals surface area contributed by atoms with Gasteiger partial charge in [0.2, 0.25) is 5.91 Å². The number of nitrogens with one attached hydrogen (secondary N) is 1. The topological polar surface area (TPSA) is 75.6 Å². The van der Waals surface area contributed by atoms with Crippen LogP contribution < -0.4 is 5.32 Å². The van der Waals surface area contributed by atoms with Gasteiger partial charge in [-0.1, -0.05) is 50.3 Å². The molecule has 1 saturated carbocycles. The molecule has 1 fully saturated rings. The SMILES string of the molecule is CC(=O)O[C@@H]1C[C@@]2(O)[C@H](C)CC[C@@H]([C@H](C)C(=O)NCc3ccccc3)[C@H]2C=C1C. The number of hydrogen-bond donors (Lipinski definition) is 2. The molecule has 0 aliphatic heterocycles. The van der Waals surface area contributed by atoms with E-state index in [2.05, 4.69) is 18.3 Å². The van der Waals surface area contributed by atoms with E-state index in [0.717, 1.165) is 24.0 Å². The zero-order valence-electron chi connectivity index (χ0n) is 17.9. The quantitative estimate of drug-likeness (QED) is 0.586. The molecule has 158 valence electrons. The van der Waals surface area contributed by atoms with Crippen molar-refractivity contribution in [3.63, 3.8) is 0 Å². The van der Waals surface area contributed by atoms with Gasteiger partial charge in [-0.05, 0) is 42.7 Å². The maximum atomic E-state index is 12.9. The molecule has 0 spiro atoms. The first-order valence-electron chi connectivity index (χ1n) is 10.6. The minimum atomic E-state index is -0.962. The van der Waals surface area contributed by atoms with Crippen molar-refractivity contribution in [2.45, 2.75) is 65.2 Å². The summed E-state index contributed by atoms with van der Waals surface area (Å²) in [6, 6.07) is 9.87. The fourth-order valence-corrected chi connectivity index (χ4v) is 5.06. The Morgan fingerprint density at radius 3 is 2.62 bits per heavy atom. The second kappa shape index (κ2) is 8.70. The average Bonchev–Trinajstić information content (AvgIpc) is 2.68. The molecule has 0 saturated heterocycles. The van der Waals surface area contributed by atoms with Crippen LogP contribution in [-0.2, 0) is 20.9 Å². The Morgan fingerprint density at radius 2 is 1.97 bits per heavy atom. The lowest BCUT2D eigenvalue weighted by atomic mass is 9.57. The Balaban J connectivity index is 1.76. The second-order valence-electron chi connectivity index (χ2n) is 8.86. The molecule has 5 heteroatoms. The first-order chi connectivity index (χ1) is 13.7. The third kappa shape index (κ3) is 4.55. The van der Waals surface area contributed by atoms with Gasteiger partial charge < -0.3 is 15.2 Å². The Labute approximate surface area is 173 Å². The monoisotopic (exact) mass is 399 g/mol. The van der Waals surface area contributed by atoms with Crippen molar-refractivity contribution < 1.29 is 19.4 Å². The van der Waals surface area contributed by atoms with Crippen LogP contribution in [-0.4, -0.2) is 28.7 Å². The highest BCUT2D eigenvalue weighted by molar-refractivity contribution is 5.78. The summed E-state index contributed by atoms with van der Waals surface area (Å²) in [6.45, 7) is 7.87. The number of fused-ring (bicyclic) bond motifs is 1. The van der Waals surface area contributed by atoms with Crippen molar-refractivity contribution in [3.05, 3.63) is 47.5 Å². The molecule has 2 N–H and O–H groups in total. The van der Waals surface area contributed by atoms with Crippen LogP contribution in [0.1, 0.15) is 52.5 Å². The Kier molecular flexibility index (Phi) is 6.47. The number of esters is 1. The Morgan fingerprint density at radius 1 is 1.28 bits per heavy atom. The molecular formula is C24H33NO4. The van der Waals surface area contributed by atoms with Gasteiger partial charge in [0.1, 0.15) is 6.10 Å². The van der Waals surface area contributed by atoms with Gasteiger partial charge in [0.05, 0.1) is 5.60 Å². The molecule has 0 radical (unpaired) electrons. The highest BCUT2D eigenvalue weighted by atomic mass is 16.5. The lowest BCUT2D eigenvalue weighted by Gasteiger charge is -2.52. The van der Waals surface area contributed by atoms with Crippen LogP contribution in [0.3, 0.4) is 0 Å². The van der Waals surface area contributed by atoms with E-state index < -0.39 is 11.7 Å². The van der Waals surface area contributed by atoms with Gasteiger partial charge >= 0.3 is 5.97 Å². The minimum absolute atomic E-state index is 0.0175. The molecule has 0 unspecified atom stereocenters. The zero-order valence-corrected chi connectivity index (χ0v) is 17.9. The second-order valence-corrected chi connectivity index (χ2v) is 8.86. The summed E-state index contributed by atoms with van der Waals surface area (Å²) in [5, 5.41) is 14.7. The molecule has 1 aromatic carbocycles. The van der Waals surface area contributed by atoms with Crippen LogP contribution >= 0.6 is 0 Å². The summed E-state index contributed by atoms with van der Waals surface area (Å²) in [4.78, 5) is 24.4. The van der Waals surface area contributed by atoms with E-state index in [1.54, 1.807) is 0 Å². The van der Waals surface area contributed by atoms with E-state index in [1.807, 2.05) is 44.2 Å². The summed E-state index contributed by atoms with van der Waals surface area (Å²) < 4.78 is 5.45. The molecule has 0 heterocycles. The molecule has 0 bridgehead atoms. The molecule has 2 aliphatic rings. The number of benzene rings is 1. The predicted octanol–water partition coefficient (Wildman–Crippen LogP) is 3.61. The molecule has 6 atom stereocenters. The van der Waals surface area contributed by atoms with Crippen LogP contribution in [0.4, 0.5) is 0 Å². The van der Waals surface area contributed by atoms with Crippen LogP contribution in [0, 0.1) is 23.7 Å². The fraction of sp³-hybridized carbons (Fsp3) is 0.583. The highest BCUT2D eigenvalue weighted by Gasteiger charge is 2.53. The van der Waals surface area contributed by atoms with E-state index in [0.29, 0.717) is 13.0 Å². The molecule has 0 aromatic heterocycles. The average molecular weight is 400 g/mol. The van der Waals surface area contributed by atoms with Gasteiger partial charge in [-0.25, -0.2) is 0 Å². The molecule has 1 amide bonds. The fourth-order valence-electron chi connectivity index (χ4n) is 5.06. The van der Waals surface area contributed by atoms with Gasteiger partial charge in [-0.3, -0.25) is 9.59 Å². The first-order valence-corrected chi connectivity index (χ1v) is 10.6. The van der Waals surface area contributed by atoms with Crippen molar-refractivity contribution in [1.82, 2.24) is 5.32 Å². The number of ether oxygens (including phenoxy) is 1. The Hall–Kier alpha value is -2.14. The predicted molar refractivity (Wildman–Crippen MR) is 112 cm³/mol. The largest absolute Gasteiger partial charge is 0.458 e. The lowest BCUT2D eigenvalue weighted by Crippen LogP contribution is -2.56. The normalized spacial score (nSPS) is 32.5. The van der Waals surface area contributed by atoms with E-state index in [4.69, 9.17) is 4.74 Å². The van der Waals surface area contributed by atoms with Crippen molar-refractivity contribution in [1.29, 1.82) is 0 Å². The summed E-state index contributed by atoms with van der Waals surface area (Å²) in [6.07, 6.45) is 3.81. The van der Waals surface area contributed by atoms with Crippen molar-refractivity contribution in [2.24, 2.45) is 23.7 Å². The smallest absolute Gasteiger partial charge is 0.303 e. The lowest BCUT2D eigenvalue weighted by molar-refractivity contribution is -0.160. The number of carbonyl (C=O) groups is 2. The van der Waals surface area contributed by atoms with Crippen LogP contribution in [0.15, 0.2) is 42.0 Å². The number of rotatable bonds is 5. The highest BCUT2D eigenvalue weighted by Crippen LogP contribution is 2.51. The zero-order chi connectivity index (χ0) is 21.2. The number of carbonyl (C=O) groups excluding carboxylic acids is 2. The van der Waals surface area contributed by atoms with Gasteiger partial charge in [0.15, 0.2) is 0 Å². The third-order valence-electron chi connectivity index (χ3n) is 6.96. The summed E-state index contributed by atoms with van der Waals surface area (Å²) >= 11 is 0. The van der Waals surface area contributed by atoms with Crippen LogP contribution in [0.25, 0.3) is 0 Å². The Bertz CT molecular complexity index is 774. The standard InChI is InChI=1S/C24H33NO4/c1-15-12-21-20(17(3)23(27)25-14-19-8-6-5-7-9-19)11-10-16(2)24(21,28)13-22(15)29-18(4)26/h5-9,12,16-17,20-22,28H,10-11,13-14H2,1-4H3,(H,25,27)/t16-,17+,20+,21-,22-,24-/m1/s1. The molecular weight excluding hydrogens is 366 g/mol. The molecule has 2 aliphatic carbocycles. The third-order valence-corrected chi connectivity index (χ3v) is 6.96. The first kappa shape index (κ1) is 21.6. The molecule has 1 aromatic rings. The molecule has 3 rings (SSSR count). The van der Waals surface area contributed by atoms with Crippen molar-refractivity contribution in [2.75, 3.05) is 0 Å². The number of amides is 1. The van der Waals surface area contributed by atoms with Gasteiger partial charge in [0, 0.05) is 31.7 Å². The summed E-state index contributed by atoms with van der Waals surface area (Å²) in [7, 11) is 0. The molecule has 5 nitrogen and oxygen atoms in total. The maximum Gasteiger partial charge on any atom is 0.303 e. The van der Waals surface area contributed by atoms with E-state index in [9.17, 15) is 14.7 Å². The number of hydrogen-bond acceptors (Lipinski definition) is 4. The minimum Gasteiger partial charge on any atom is -0.458 e. The van der Waals surface area contributed by atoms with E-state index in [1.165, 1.54) is 6.92 Å². The van der Waals surface area contributed by atoms with Crippen LogP contribution in [0.5, 0.6) is 0 Å². The summed E-state index contributed by atoms with van der Waals surface area (Å²) in [5.41, 5.74) is 1.07. The van der Waals surface area contributed by atoms with E-state index >= 15 is 0 Å². The van der Waals surface area contributed by atoms with Crippen LogP contribution in [0.2, 0.25) is 0 Å². The van der Waals surface area contributed by atoms with E-state index in [-0.39, 0.29) is 35.5 Å². The van der Waals surface area contributed by atoms with Crippen molar-refractivity contribution >= 4 is 11.9 Å². The van der Waals surface area contributed by atoms with Gasteiger partial charge in [-0.15, -0.1) is 0 Å². The van der Waals surface area contributed by atoms with Gasteiger partial charge in [0.25, 0.3) is 0 Å².